The van der Waals surface area contributed by atoms with E-state index >= 15 is 0 Å². The minimum atomic E-state index is -0.247. The summed E-state index contributed by atoms with van der Waals surface area (Å²) in [7, 11) is 0. The lowest BCUT2D eigenvalue weighted by Crippen LogP contribution is -2.17. The van der Waals surface area contributed by atoms with Crippen molar-refractivity contribution in [3.63, 3.8) is 0 Å². The number of aromatic nitrogens is 3. The van der Waals surface area contributed by atoms with Crippen molar-refractivity contribution in [1.29, 1.82) is 0 Å². The van der Waals surface area contributed by atoms with E-state index in [1.165, 1.54) is 4.68 Å². The van der Waals surface area contributed by atoms with Crippen LogP contribution in [0.5, 0.6) is 0 Å². The molecular weight excluding hydrogens is 340 g/mol. The van der Waals surface area contributed by atoms with Crippen molar-refractivity contribution in [1.82, 2.24) is 14.8 Å². The molecular formula is C21H18N4O2. The predicted molar refractivity (Wildman–Crippen MR) is 102 cm³/mol. The summed E-state index contributed by atoms with van der Waals surface area (Å²) in [5.41, 5.74) is 2.54. The molecule has 6 heteroatoms. The quantitative estimate of drug-likeness (QED) is 0.580. The summed E-state index contributed by atoms with van der Waals surface area (Å²) < 4.78 is 6.64. The highest BCUT2D eigenvalue weighted by Gasteiger charge is 2.18. The molecule has 6 nitrogen and oxygen atoms in total. The van der Waals surface area contributed by atoms with Crippen molar-refractivity contribution in [2.45, 2.75) is 13.5 Å². The zero-order valence-corrected chi connectivity index (χ0v) is 14.8. The van der Waals surface area contributed by atoms with Crippen LogP contribution in [0.25, 0.3) is 11.4 Å². The predicted octanol–water partition coefficient (Wildman–Crippen LogP) is 4.15. The summed E-state index contributed by atoms with van der Waals surface area (Å²) in [4.78, 5) is 17.5. The van der Waals surface area contributed by atoms with E-state index in [1.807, 2.05) is 61.5 Å². The van der Waals surface area contributed by atoms with Crippen LogP contribution in [0.15, 0.2) is 77.4 Å². The Morgan fingerprint density at radius 2 is 1.81 bits per heavy atom. The van der Waals surface area contributed by atoms with Crippen molar-refractivity contribution in [2.75, 3.05) is 5.32 Å². The first-order valence-electron chi connectivity index (χ1n) is 8.61. The third-order valence-electron chi connectivity index (χ3n) is 4.13. The molecule has 4 aromatic rings. The van der Waals surface area contributed by atoms with Gasteiger partial charge in [0.1, 0.15) is 5.76 Å². The molecule has 0 unspecified atom stereocenters. The average Bonchev–Trinajstić information content (AvgIpc) is 3.37. The summed E-state index contributed by atoms with van der Waals surface area (Å²) in [6.45, 7) is 2.42. The Balaban J connectivity index is 1.70. The van der Waals surface area contributed by atoms with E-state index in [4.69, 9.17) is 4.42 Å². The number of nitrogens with zero attached hydrogens (tertiary/aromatic N) is 3. The first-order chi connectivity index (χ1) is 13.2. The second-order valence-corrected chi connectivity index (χ2v) is 6.14. The first-order valence-corrected chi connectivity index (χ1v) is 8.61. The normalized spacial score (nSPS) is 10.7. The summed E-state index contributed by atoms with van der Waals surface area (Å²) in [6, 6.07) is 20.6. The van der Waals surface area contributed by atoms with Crippen molar-refractivity contribution in [3.05, 3.63) is 89.9 Å². The maximum absolute atomic E-state index is 12.9. The van der Waals surface area contributed by atoms with Crippen LogP contribution in [-0.4, -0.2) is 20.7 Å². The van der Waals surface area contributed by atoms with Crippen LogP contribution in [0, 0.1) is 6.92 Å². The van der Waals surface area contributed by atoms with Gasteiger partial charge < -0.3 is 9.73 Å². The molecule has 0 amide bonds. The third-order valence-corrected chi connectivity index (χ3v) is 4.13. The number of furan rings is 1. The highest BCUT2D eigenvalue weighted by Crippen LogP contribution is 2.20. The van der Waals surface area contributed by atoms with Gasteiger partial charge in [0.2, 0.25) is 5.95 Å². The molecule has 0 spiro atoms. The lowest BCUT2D eigenvalue weighted by Gasteiger charge is -2.05. The number of rotatable bonds is 5. The molecule has 0 bridgehead atoms. The Bertz CT molecular complexity index is 1040. The van der Waals surface area contributed by atoms with Crippen LogP contribution >= 0.6 is 0 Å². The van der Waals surface area contributed by atoms with E-state index < -0.39 is 0 Å². The van der Waals surface area contributed by atoms with E-state index in [1.54, 1.807) is 18.4 Å². The molecule has 0 aliphatic heterocycles. The van der Waals surface area contributed by atoms with Gasteiger partial charge in [-0.15, -0.1) is 5.10 Å². The third kappa shape index (κ3) is 3.64. The smallest absolute Gasteiger partial charge is 0.281 e. The fourth-order valence-corrected chi connectivity index (χ4v) is 2.68. The first kappa shape index (κ1) is 16.8. The highest BCUT2D eigenvalue weighted by atomic mass is 16.3. The second kappa shape index (κ2) is 7.29. The Labute approximate surface area is 156 Å². The minimum Gasteiger partial charge on any atom is -0.467 e. The minimum absolute atomic E-state index is 0.247. The SMILES string of the molecule is Cc1ccc(-c2nc(NCc3ccco3)n(C(=O)c3ccccc3)n2)cc1. The van der Waals surface area contributed by atoms with Crippen molar-refractivity contribution >= 4 is 11.9 Å². The summed E-state index contributed by atoms with van der Waals surface area (Å²) in [6.07, 6.45) is 1.61. The van der Waals surface area contributed by atoms with Gasteiger partial charge >= 0.3 is 0 Å². The number of hydrogen-bond donors (Lipinski definition) is 1. The molecule has 27 heavy (non-hydrogen) atoms. The average molecular weight is 358 g/mol. The molecule has 1 N–H and O–H groups in total. The van der Waals surface area contributed by atoms with Crippen LogP contribution < -0.4 is 5.32 Å². The van der Waals surface area contributed by atoms with Crippen LogP contribution in [0.2, 0.25) is 0 Å². The van der Waals surface area contributed by atoms with Gasteiger partial charge in [0, 0.05) is 11.1 Å². The van der Waals surface area contributed by atoms with Gasteiger partial charge in [-0.2, -0.15) is 9.67 Å². The zero-order valence-electron chi connectivity index (χ0n) is 14.8. The lowest BCUT2D eigenvalue weighted by molar-refractivity contribution is 0.0947. The maximum Gasteiger partial charge on any atom is 0.281 e. The Hall–Kier alpha value is -3.67. The van der Waals surface area contributed by atoms with Crippen molar-refractivity contribution < 1.29 is 9.21 Å². The molecule has 0 saturated heterocycles. The Kier molecular flexibility index (Phi) is 4.53. The van der Waals surface area contributed by atoms with Crippen LogP contribution in [0.1, 0.15) is 21.7 Å². The summed E-state index contributed by atoms with van der Waals surface area (Å²) in [5, 5.41) is 7.59. The molecule has 0 atom stereocenters. The van der Waals surface area contributed by atoms with Crippen molar-refractivity contribution in [2.24, 2.45) is 0 Å². The fourth-order valence-electron chi connectivity index (χ4n) is 2.68. The number of aryl methyl sites for hydroxylation is 1. The lowest BCUT2D eigenvalue weighted by atomic mass is 10.1. The van der Waals surface area contributed by atoms with Gasteiger partial charge in [0.05, 0.1) is 12.8 Å². The molecule has 0 fully saturated rings. The molecule has 0 aliphatic carbocycles. The van der Waals surface area contributed by atoms with Gasteiger partial charge in [-0.1, -0.05) is 48.0 Å². The topological polar surface area (TPSA) is 73.0 Å². The summed E-state index contributed by atoms with van der Waals surface area (Å²) >= 11 is 0. The van der Waals surface area contributed by atoms with E-state index in [0.29, 0.717) is 23.9 Å². The number of nitrogens with one attached hydrogen (secondary N) is 1. The molecule has 0 saturated carbocycles. The molecule has 2 heterocycles. The van der Waals surface area contributed by atoms with E-state index in [2.05, 4.69) is 15.4 Å². The van der Waals surface area contributed by atoms with E-state index in [-0.39, 0.29) is 5.91 Å². The van der Waals surface area contributed by atoms with Gasteiger partial charge in [-0.25, -0.2) is 0 Å². The molecule has 2 aromatic carbocycles. The largest absolute Gasteiger partial charge is 0.467 e. The zero-order chi connectivity index (χ0) is 18.6. The van der Waals surface area contributed by atoms with Crippen LogP contribution in [-0.2, 0) is 6.54 Å². The Morgan fingerprint density at radius 3 is 2.52 bits per heavy atom. The number of carbonyl (C=O) groups is 1. The molecule has 0 radical (unpaired) electrons. The van der Waals surface area contributed by atoms with Gasteiger partial charge in [-0.05, 0) is 31.2 Å². The van der Waals surface area contributed by atoms with Crippen LogP contribution in [0.4, 0.5) is 5.95 Å². The molecule has 2 aromatic heterocycles. The molecule has 0 aliphatic rings. The summed E-state index contributed by atoms with van der Waals surface area (Å²) in [5.74, 6) is 1.36. The monoisotopic (exact) mass is 358 g/mol. The van der Waals surface area contributed by atoms with E-state index in [0.717, 1.165) is 16.9 Å². The second-order valence-electron chi connectivity index (χ2n) is 6.14. The highest BCUT2D eigenvalue weighted by molar-refractivity contribution is 5.97. The van der Waals surface area contributed by atoms with Gasteiger partial charge in [0.25, 0.3) is 5.91 Å². The fraction of sp³-hybridized carbons (Fsp3) is 0.0952. The number of carbonyl (C=O) groups excluding carboxylic acids is 1. The molecule has 134 valence electrons. The maximum atomic E-state index is 12.9. The number of benzene rings is 2. The Morgan fingerprint density at radius 1 is 1.04 bits per heavy atom. The number of hydrogen-bond acceptors (Lipinski definition) is 5. The number of anilines is 1. The van der Waals surface area contributed by atoms with Crippen molar-refractivity contribution in [3.8, 4) is 11.4 Å². The van der Waals surface area contributed by atoms with Crippen LogP contribution in [0.3, 0.4) is 0 Å². The van der Waals surface area contributed by atoms with Gasteiger partial charge in [-0.3, -0.25) is 4.79 Å². The van der Waals surface area contributed by atoms with Gasteiger partial charge in [0.15, 0.2) is 5.82 Å². The molecule has 4 rings (SSSR count). The van der Waals surface area contributed by atoms with E-state index in [9.17, 15) is 4.79 Å². The standard InChI is InChI=1S/C21H18N4O2/c1-15-9-11-16(12-10-15)19-23-21(22-14-18-8-5-13-27-18)25(24-19)20(26)17-6-3-2-4-7-17/h2-13H,14H2,1H3,(H,22,23,24).